The first-order valence-electron chi connectivity index (χ1n) is 8.87. The van der Waals surface area contributed by atoms with Gasteiger partial charge in [0, 0.05) is 28.1 Å². The molecule has 3 aromatic carbocycles. The third-order valence-corrected chi connectivity index (χ3v) is 5.36. The molecule has 3 heteroatoms. The molecular formula is C24H15N2Si. The molecule has 0 aliphatic rings. The zero-order chi connectivity index (χ0) is 18.2. The van der Waals surface area contributed by atoms with Gasteiger partial charge in [0.05, 0.1) is 27.0 Å². The molecule has 2 aromatic heterocycles. The lowest BCUT2D eigenvalue weighted by Crippen LogP contribution is -2.12. The standard InChI is InChI=1S/C24H15N2Si/c27-24-19-14-13-18-12-7-15-25-22(18)23(19)26-21(17-10-5-2-6-11-17)20(24)16-8-3-1-4-9-16/h1-15H. The van der Waals surface area contributed by atoms with Crippen LogP contribution in [0.25, 0.3) is 44.2 Å². The Bertz CT molecular complexity index is 1270. The van der Waals surface area contributed by atoms with Crippen molar-refractivity contribution in [2.45, 2.75) is 0 Å². The summed E-state index contributed by atoms with van der Waals surface area (Å²) in [6.45, 7) is 0. The molecule has 0 atom stereocenters. The molecule has 2 heterocycles. The zero-order valence-electron chi connectivity index (χ0n) is 14.6. The molecule has 0 bridgehead atoms. The average molecular weight is 359 g/mol. The van der Waals surface area contributed by atoms with Crippen LogP contribution in [-0.2, 0) is 0 Å². The molecule has 0 saturated carbocycles. The van der Waals surface area contributed by atoms with Gasteiger partial charge in [-0.15, -0.1) is 0 Å². The highest BCUT2D eigenvalue weighted by atomic mass is 28.1. The van der Waals surface area contributed by atoms with Crippen LogP contribution in [0.4, 0.5) is 0 Å². The lowest BCUT2D eigenvalue weighted by molar-refractivity contribution is 1.37. The SMILES string of the molecule is [Si]c1c(-c2ccccc2)c(-c2ccccc2)nc2c1ccc1cccnc12. The van der Waals surface area contributed by atoms with Crippen LogP contribution < -0.4 is 5.19 Å². The molecular weight excluding hydrogens is 344 g/mol. The number of nitrogens with zero attached hydrogens (tertiary/aromatic N) is 2. The summed E-state index contributed by atoms with van der Waals surface area (Å²) in [6.07, 6.45) is 1.82. The Labute approximate surface area is 161 Å². The lowest BCUT2D eigenvalue weighted by Gasteiger charge is -2.16. The summed E-state index contributed by atoms with van der Waals surface area (Å²) >= 11 is 0. The maximum Gasteiger partial charge on any atom is 0.0971 e. The quantitative estimate of drug-likeness (QED) is 0.331. The normalized spacial score (nSPS) is 11.1. The van der Waals surface area contributed by atoms with Crippen LogP contribution >= 0.6 is 0 Å². The number of aromatic nitrogens is 2. The van der Waals surface area contributed by atoms with Crippen LogP contribution in [0.2, 0.25) is 0 Å². The predicted octanol–water partition coefficient (Wildman–Crippen LogP) is 4.91. The Hall–Kier alpha value is -3.30. The molecule has 0 amide bonds. The van der Waals surface area contributed by atoms with E-state index in [1.165, 1.54) is 0 Å². The second-order valence-corrected chi connectivity index (χ2v) is 6.98. The van der Waals surface area contributed by atoms with Gasteiger partial charge < -0.3 is 0 Å². The van der Waals surface area contributed by atoms with Crippen LogP contribution in [0.5, 0.6) is 0 Å². The lowest BCUT2D eigenvalue weighted by atomic mass is 9.96. The van der Waals surface area contributed by atoms with Crippen molar-refractivity contribution in [1.29, 1.82) is 0 Å². The highest BCUT2D eigenvalue weighted by molar-refractivity contribution is 6.43. The largest absolute Gasteiger partial charge is 0.254 e. The molecule has 125 valence electrons. The monoisotopic (exact) mass is 359 g/mol. The number of benzene rings is 3. The van der Waals surface area contributed by atoms with E-state index in [-0.39, 0.29) is 0 Å². The molecule has 0 aliphatic heterocycles. The van der Waals surface area contributed by atoms with E-state index in [0.717, 1.165) is 49.4 Å². The van der Waals surface area contributed by atoms with Crippen LogP contribution in [0.1, 0.15) is 0 Å². The second-order valence-electron chi connectivity index (χ2n) is 6.48. The van der Waals surface area contributed by atoms with Crippen LogP contribution in [0.15, 0.2) is 91.1 Å². The van der Waals surface area contributed by atoms with Crippen LogP contribution in [0.3, 0.4) is 0 Å². The van der Waals surface area contributed by atoms with Gasteiger partial charge in [0.1, 0.15) is 0 Å². The Morgan fingerprint density at radius 3 is 2.07 bits per heavy atom. The summed E-state index contributed by atoms with van der Waals surface area (Å²) in [5.74, 6) is 0. The number of hydrogen-bond donors (Lipinski definition) is 0. The summed E-state index contributed by atoms with van der Waals surface area (Å²) in [4.78, 5) is 9.72. The van der Waals surface area contributed by atoms with Gasteiger partial charge in [-0.2, -0.15) is 0 Å². The first-order chi connectivity index (χ1) is 13.3. The van der Waals surface area contributed by atoms with E-state index in [9.17, 15) is 0 Å². The van der Waals surface area contributed by atoms with Gasteiger partial charge in [-0.05, 0) is 16.8 Å². The van der Waals surface area contributed by atoms with Crippen molar-refractivity contribution < 1.29 is 0 Å². The van der Waals surface area contributed by atoms with E-state index >= 15 is 0 Å². The topological polar surface area (TPSA) is 25.8 Å². The number of hydrogen-bond acceptors (Lipinski definition) is 2. The van der Waals surface area contributed by atoms with Crippen molar-refractivity contribution in [3.8, 4) is 22.4 Å². The minimum Gasteiger partial charge on any atom is -0.254 e. The summed E-state index contributed by atoms with van der Waals surface area (Å²) in [5, 5.41) is 3.20. The van der Waals surface area contributed by atoms with E-state index in [1.807, 2.05) is 36.5 Å². The molecule has 0 spiro atoms. The molecule has 0 unspecified atom stereocenters. The van der Waals surface area contributed by atoms with Gasteiger partial charge in [-0.3, -0.25) is 4.98 Å². The first-order valence-corrected chi connectivity index (χ1v) is 9.37. The molecule has 0 fully saturated rings. The second kappa shape index (κ2) is 6.45. The van der Waals surface area contributed by atoms with Gasteiger partial charge >= 0.3 is 0 Å². The fraction of sp³-hybridized carbons (Fsp3) is 0. The Morgan fingerprint density at radius 2 is 1.33 bits per heavy atom. The smallest absolute Gasteiger partial charge is 0.0971 e. The fourth-order valence-corrected chi connectivity index (χ4v) is 4.02. The number of fused-ring (bicyclic) bond motifs is 3. The highest BCUT2D eigenvalue weighted by Crippen LogP contribution is 2.33. The minimum atomic E-state index is 0.914. The van der Waals surface area contributed by atoms with E-state index in [4.69, 9.17) is 4.98 Å². The predicted molar refractivity (Wildman–Crippen MR) is 113 cm³/mol. The van der Waals surface area contributed by atoms with Crippen molar-refractivity contribution in [2.24, 2.45) is 0 Å². The van der Waals surface area contributed by atoms with Gasteiger partial charge in [0.2, 0.25) is 0 Å². The zero-order valence-corrected chi connectivity index (χ0v) is 15.6. The van der Waals surface area contributed by atoms with Gasteiger partial charge in [0.15, 0.2) is 0 Å². The van der Waals surface area contributed by atoms with Gasteiger partial charge in [-0.25, -0.2) is 4.98 Å². The first kappa shape index (κ1) is 15.9. The number of pyridine rings is 2. The molecule has 0 aliphatic carbocycles. The third-order valence-electron chi connectivity index (χ3n) is 4.84. The maximum absolute atomic E-state index is 5.12. The summed E-state index contributed by atoms with van der Waals surface area (Å²) in [6, 6.07) is 29.0. The highest BCUT2D eigenvalue weighted by Gasteiger charge is 2.17. The summed E-state index contributed by atoms with van der Waals surface area (Å²) in [5.41, 5.74) is 6.11. The average Bonchev–Trinajstić information content (AvgIpc) is 2.74. The minimum absolute atomic E-state index is 0.914. The summed E-state index contributed by atoms with van der Waals surface area (Å²) < 4.78 is 0. The van der Waals surface area contributed by atoms with Gasteiger partial charge in [0.25, 0.3) is 0 Å². The summed E-state index contributed by atoms with van der Waals surface area (Å²) in [7, 11) is 3.95. The van der Waals surface area contributed by atoms with Crippen LogP contribution in [-0.4, -0.2) is 20.2 Å². The van der Waals surface area contributed by atoms with E-state index in [1.54, 1.807) is 0 Å². The van der Waals surface area contributed by atoms with Crippen molar-refractivity contribution >= 4 is 37.2 Å². The molecule has 5 aromatic rings. The molecule has 5 rings (SSSR count). The Balaban J connectivity index is 1.95. The Kier molecular flexibility index (Phi) is 3.80. The molecule has 0 saturated heterocycles. The van der Waals surface area contributed by atoms with E-state index in [0.29, 0.717) is 0 Å². The van der Waals surface area contributed by atoms with E-state index in [2.05, 4.69) is 69.8 Å². The van der Waals surface area contributed by atoms with Crippen molar-refractivity contribution in [3.05, 3.63) is 91.1 Å². The van der Waals surface area contributed by atoms with E-state index < -0.39 is 0 Å². The van der Waals surface area contributed by atoms with Crippen molar-refractivity contribution in [2.75, 3.05) is 0 Å². The number of rotatable bonds is 2. The van der Waals surface area contributed by atoms with Crippen molar-refractivity contribution in [1.82, 2.24) is 9.97 Å². The van der Waals surface area contributed by atoms with Crippen molar-refractivity contribution in [3.63, 3.8) is 0 Å². The fourth-order valence-electron chi connectivity index (χ4n) is 3.56. The molecule has 2 nitrogen and oxygen atoms in total. The third kappa shape index (κ3) is 2.64. The maximum atomic E-state index is 5.12. The Morgan fingerprint density at radius 1 is 0.630 bits per heavy atom. The van der Waals surface area contributed by atoms with Crippen LogP contribution in [0, 0.1) is 0 Å². The van der Waals surface area contributed by atoms with Gasteiger partial charge in [-0.1, -0.05) is 78.9 Å². The molecule has 27 heavy (non-hydrogen) atoms. The molecule has 0 N–H and O–H groups in total. The molecule has 3 radical (unpaired) electrons.